The fraction of sp³-hybridized carbons (Fsp3) is 0.714. The third-order valence-corrected chi connectivity index (χ3v) is 2.15. The summed E-state index contributed by atoms with van der Waals surface area (Å²) in [5, 5.41) is 11.1. The zero-order chi connectivity index (χ0) is 8.72. The van der Waals surface area contributed by atoms with Crippen LogP contribution in [0.4, 0.5) is 4.48 Å². The van der Waals surface area contributed by atoms with Crippen molar-refractivity contribution in [2.24, 2.45) is 0 Å². The number of halogens is 1. The first-order valence-corrected chi connectivity index (χ1v) is 4.18. The predicted molar refractivity (Wildman–Crippen MR) is 40.9 cm³/mol. The van der Waals surface area contributed by atoms with Gasteiger partial charge in [-0.2, -0.15) is 0 Å². The number of aliphatic hydroxyl groups is 1. The zero-order valence-corrected chi connectivity index (χ0v) is 6.92. The minimum Gasteiger partial charge on any atom is -0.492 e. The second kappa shape index (κ2) is 2.52. The Hall–Kier alpha value is -0.970. The highest BCUT2D eigenvalue weighted by Crippen LogP contribution is 2.34. The van der Waals surface area contributed by atoms with E-state index in [1.165, 1.54) is 5.01 Å². The fourth-order valence-electron chi connectivity index (χ4n) is 1.31. The third kappa shape index (κ3) is 1.01. The Balaban J connectivity index is 2.15. The number of nitrogens with zero attached hydrogens (tertiary/aromatic N) is 2. The highest BCUT2D eigenvalue weighted by atomic mass is 19.2. The van der Waals surface area contributed by atoms with Gasteiger partial charge in [0.15, 0.2) is 0 Å². The molecule has 0 aromatic carbocycles. The van der Waals surface area contributed by atoms with Gasteiger partial charge in [0, 0.05) is 5.34 Å². The van der Waals surface area contributed by atoms with E-state index in [0.717, 1.165) is 12.8 Å². The normalized spacial score (nSPS) is 25.0. The summed E-state index contributed by atoms with van der Waals surface area (Å²) in [6.45, 7) is 1.86. The van der Waals surface area contributed by atoms with Crippen LogP contribution in [0.5, 0.6) is 0 Å². The lowest BCUT2D eigenvalue weighted by atomic mass is 10.3. The van der Waals surface area contributed by atoms with Gasteiger partial charge in [-0.15, -0.1) is 0 Å². The molecule has 2 N–H and O–H groups in total. The van der Waals surface area contributed by atoms with Crippen molar-refractivity contribution in [2.75, 3.05) is 0 Å². The van der Waals surface area contributed by atoms with Gasteiger partial charge in [-0.25, -0.2) is 5.01 Å². The first kappa shape index (κ1) is 7.67. The molecule has 0 saturated heterocycles. The zero-order valence-electron chi connectivity index (χ0n) is 6.92. The lowest BCUT2D eigenvalue weighted by molar-refractivity contribution is -0.184. The van der Waals surface area contributed by atoms with E-state index in [-0.39, 0.29) is 11.9 Å². The van der Waals surface area contributed by atoms with Gasteiger partial charge in [0.1, 0.15) is 0 Å². The number of hydrazine groups is 2. The maximum absolute atomic E-state index is 13.0. The van der Waals surface area contributed by atoms with Crippen molar-refractivity contribution < 1.29 is 9.59 Å². The third-order valence-electron chi connectivity index (χ3n) is 2.15. The van der Waals surface area contributed by atoms with E-state index >= 15 is 0 Å². The number of aliphatic hydroxyl groups excluding tert-OH is 1. The van der Waals surface area contributed by atoms with Crippen LogP contribution in [0.1, 0.15) is 26.2 Å². The molecule has 0 spiro atoms. The number of hydrogen-bond donors (Lipinski definition) is 2. The van der Waals surface area contributed by atoms with Gasteiger partial charge in [-0.05, 0) is 19.3 Å². The van der Waals surface area contributed by atoms with Gasteiger partial charge in [0.25, 0.3) is 0 Å². The summed E-state index contributed by atoms with van der Waals surface area (Å²) < 4.78 is 13.0. The summed E-state index contributed by atoms with van der Waals surface area (Å²) in [6.07, 6.45) is 2.50. The minimum atomic E-state index is 0.0301. The summed E-state index contributed by atoms with van der Waals surface area (Å²) >= 11 is 0. The monoisotopic (exact) mass is 173 g/mol. The fourth-order valence-corrected chi connectivity index (χ4v) is 1.31. The average Bonchev–Trinajstić information content (AvgIpc) is 2.80. The van der Waals surface area contributed by atoms with E-state index in [0.29, 0.717) is 17.5 Å². The van der Waals surface area contributed by atoms with Crippen LogP contribution in [0.25, 0.3) is 0 Å². The molecule has 0 aromatic heterocycles. The van der Waals surface area contributed by atoms with Crippen molar-refractivity contribution in [3.8, 4) is 0 Å². The summed E-state index contributed by atoms with van der Waals surface area (Å²) in [7, 11) is 0. The Morgan fingerprint density at radius 2 is 2.33 bits per heavy atom. The van der Waals surface area contributed by atoms with E-state index in [9.17, 15) is 9.59 Å². The minimum absolute atomic E-state index is 0.0301. The van der Waals surface area contributed by atoms with Crippen LogP contribution < -0.4 is 5.43 Å². The van der Waals surface area contributed by atoms with Crippen molar-refractivity contribution in [3.05, 3.63) is 11.6 Å². The molecule has 12 heavy (non-hydrogen) atoms. The first-order valence-electron chi connectivity index (χ1n) is 4.18. The lowest BCUT2D eigenvalue weighted by Crippen LogP contribution is -2.38. The number of rotatable bonds is 2. The molecule has 0 amide bonds. The van der Waals surface area contributed by atoms with Gasteiger partial charge in [0.2, 0.25) is 5.88 Å². The number of nitrogens with one attached hydrogen (secondary N) is 1. The van der Waals surface area contributed by atoms with Crippen LogP contribution in [0.15, 0.2) is 11.6 Å². The molecule has 1 heterocycles. The highest BCUT2D eigenvalue weighted by Gasteiger charge is 2.40. The van der Waals surface area contributed by atoms with Crippen LogP contribution in [0.3, 0.4) is 0 Å². The summed E-state index contributed by atoms with van der Waals surface area (Å²) in [4.78, 5) is 0. The second-order valence-electron chi connectivity index (χ2n) is 3.10. The molecule has 68 valence electrons. The molecule has 1 aliphatic carbocycles. The quantitative estimate of drug-likeness (QED) is 0.615. The Kier molecular flexibility index (Phi) is 1.61. The molecule has 1 aliphatic heterocycles. The molecular weight excluding hydrogens is 161 g/mol. The largest absolute Gasteiger partial charge is 0.492 e. The molecule has 1 fully saturated rings. The molecule has 0 aromatic rings. The topological polar surface area (TPSA) is 38.7 Å². The van der Waals surface area contributed by atoms with Crippen LogP contribution in [0.2, 0.25) is 0 Å². The van der Waals surface area contributed by atoms with Crippen LogP contribution in [-0.2, 0) is 0 Å². The van der Waals surface area contributed by atoms with Crippen molar-refractivity contribution in [1.29, 1.82) is 0 Å². The van der Waals surface area contributed by atoms with E-state index < -0.39 is 0 Å². The Bertz CT molecular complexity index is 227. The van der Waals surface area contributed by atoms with Gasteiger partial charge in [-0.1, -0.05) is 11.4 Å². The van der Waals surface area contributed by atoms with Gasteiger partial charge >= 0.3 is 0 Å². The molecular formula is C7H12FN3O. The first-order chi connectivity index (χ1) is 5.74. The van der Waals surface area contributed by atoms with Crippen molar-refractivity contribution in [2.45, 2.75) is 32.2 Å². The van der Waals surface area contributed by atoms with Crippen LogP contribution in [0, 0.1) is 0 Å². The van der Waals surface area contributed by atoms with E-state index in [4.69, 9.17) is 0 Å². The smallest absolute Gasteiger partial charge is 0.226 e. The molecule has 0 radical (unpaired) electrons. The van der Waals surface area contributed by atoms with Gasteiger partial charge < -0.3 is 5.11 Å². The van der Waals surface area contributed by atoms with Crippen molar-refractivity contribution in [3.63, 3.8) is 0 Å². The van der Waals surface area contributed by atoms with Crippen LogP contribution >= 0.6 is 0 Å². The molecule has 4 nitrogen and oxygen atoms in total. The van der Waals surface area contributed by atoms with Crippen LogP contribution in [-0.4, -0.2) is 21.5 Å². The van der Waals surface area contributed by atoms with Gasteiger partial charge in [0.05, 0.1) is 11.7 Å². The van der Waals surface area contributed by atoms with E-state index in [1.54, 1.807) is 0 Å². The summed E-state index contributed by atoms with van der Waals surface area (Å²) in [5.74, 6) is 0.0301. The summed E-state index contributed by atoms with van der Waals surface area (Å²) in [6, 6.07) is 0.145. The van der Waals surface area contributed by atoms with Crippen molar-refractivity contribution >= 4 is 0 Å². The average molecular weight is 173 g/mol. The highest BCUT2D eigenvalue weighted by molar-refractivity contribution is 5.09. The molecule has 2 rings (SSSR count). The maximum Gasteiger partial charge on any atom is 0.226 e. The molecule has 0 unspecified atom stereocenters. The predicted octanol–water partition coefficient (Wildman–Crippen LogP) is 1.21. The Morgan fingerprint density at radius 1 is 1.67 bits per heavy atom. The standard InChI is InChI=1S/C7H12FN3O/c1-2-6-7(12)10(5-3-4-5)11(8)9-6/h5,9,12H,2-4H2,1H3. The number of hydrogen-bond acceptors (Lipinski definition) is 4. The lowest BCUT2D eigenvalue weighted by Gasteiger charge is -2.19. The molecule has 2 aliphatic rings. The molecule has 1 saturated carbocycles. The Labute approximate surface area is 70.1 Å². The molecule has 0 atom stereocenters. The molecule has 5 heteroatoms. The van der Waals surface area contributed by atoms with Gasteiger partial charge in [-0.3, -0.25) is 5.43 Å². The van der Waals surface area contributed by atoms with E-state index in [2.05, 4.69) is 5.43 Å². The van der Waals surface area contributed by atoms with E-state index in [1.807, 2.05) is 6.92 Å². The molecule has 0 bridgehead atoms. The number of allylic oxidation sites excluding steroid dienone is 1. The summed E-state index contributed by atoms with van der Waals surface area (Å²) in [5.41, 5.74) is 2.99. The SMILES string of the molecule is CCC1=C(O)N(C2CC2)N(F)N1. The maximum atomic E-state index is 13.0. The Morgan fingerprint density at radius 3 is 2.75 bits per heavy atom. The second-order valence-corrected chi connectivity index (χ2v) is 3.10. The van der Waals surface area contributed by atoms with Crippen molar-refractivity contribution in [1.82, 2.24) is 15.8 Å².